The molecule has 0 aliphatic carbocycles. The van der Waals surface area contributed by atoms with Crippen LogP contribution in [0.5, 0.6) is 0 Å². The number of benzene rings is 1. The van der Waals surface area contributed by atoms with Crippen molar-refractivity contribution in [2.45, 2.75) is 16.9 Å². The second kappa shape index (κ2) is 6.12. The third kappa shape index (κ3) is 5.39. The van der Waals surface area contributed by atoms with Crippen LogP contribution in [0.15, 0.2) is 29.2 Å². The zero-order valence-electron chi connectivity index (χ0n) is 8.55. The fourth-order valence-electron chi connectivity index (χ4n) is 1.14. The van der Waals surface area contributed by atoms with Gasteiger partial charge in [-0.1, -0.05) is 12.1 Å². The summed E-state index contributed by atoms with van der Waals surface area (Å²) in [6, 6.07) is 6.30. The average molecular weight is 250 g/mol. The van der Waals surface area contributed by atoms with Crippen molar-refractivity contribution in [1.82, 2.24) is 5.32 Å². The first-order valence-electron chi connectivity index (χ1n) is 4.77. The predicted octanol–water partition coefficient (Wildman–Crippen LogP) is 2.35. The van der Waals surface area contributed by atoms with Gasteiger partial charge in [0.2, 0.25) is 0 Å². The van der Waals surface area contributed by atoms with Crippen LogP contribution in [0.1, 0.15) is 5.56 Å². The first kappa shape index (κ1) is 13.3. The summed E-state index contributed by atoms with van der Waals surface area (Å²) in [5.41, 5.74) is 2.02. The molecule has 0 aliphatic heterocycles. The van der Waals surface area contributed by atoms with Gasteiger partial charge in [-0.05, 0) is 29.5 Å². The van der Waals surface area contributed by atoms with Gasteiger partial charge in [-0.15, -0.1) is 0 Å². The molecule has 1 rings (SSSR count). The number of thioether (sulfide) groups is 1. The largest absolute Gasteiger partial charge is 0.446 e. The lowest BCUT2D eigenvalue weighted by molar-refractivity contribution is -0.0328. The van der Waals surface area contributed by atoms with E-state index in [1.54, 1.807) is 12.1 Å². The summed E-state index contributed by atoms with van der Waals surface area (Å²) in [6.45, 7) is 1.86. The molecule has 0 saturated heterocycles. The van der Waals surface area contributed by atoms with Gasteiger partial charge in [0.15, 0.2) is 0 Å². The molecule has 0 fully saturated rings. The van der Waals surface area contributed by atoms with Crippen LogP contribution in [0.25, 0.3) is 0 Å². The highest BCUT2D eigenvalue weighted by Gasteiger charge is 2.28. The van der Waals surface area contributed by atoms with Crippen molar-refractivity contribution >= 4 is 11.8 Å². The highest BCUT2D eigenvalue weighted by Crippen LogP contribution is 2.36. The van der Waals surface area contributed by atoms with E-state index in [-0.39, 0.29) is 16.7 Å². The third-order valence-electron chi connectivity index (χ3n) is 1.81. The SMILES string of the molecule is NCCNCc1ccc(SC(F)(F)F)cc1. The maximum absolute atomic E-state index is 12.0. The Morgan fingerprint density at radius 3 is 2.31 bits per heavy atom. The molecule has 0 radical (unpaired) electrons. The van der Waals surface area contributed by atoms with Crippen LogP contribution in [0.2, 0.25) is 0 Å². The summed E-state index contributed by atoms with van der Waals surface area (Å²) >= 11 is -0.103. The minimum Gasteiger partial charge on any atom is -0.329 e. The fourth-order valence-corrected chi connectivity index (χ4v) is 1.68. The number of rotatable bonds is 5. The summed E-state index contributed by atoms with van der Waals surface area (Å²) in [4.78, 5) is 0.204. The van der Waals surface area contributed by atoms with Crippen molar-refractivity contribution < 1.29 is 13.2 Å². The Labute approximate surface area is 96.4 Å². The third-order valence-corrected chi connectivity index (χ3v) is 2.55. The molecule has 0 atom stereocenters. The van der Waals surface area contributed by atoms with Crippen LogP contribution >= 0.6 is 11.8 Å². The van der Waals surface area contributed by atoms with E-state index < -0.39 is 5.51 Å². The number of hydrogen-bond donors (Lipinski definition) is 2. The molecule has 2 nitrogen and oxygen atoms in total. The van der Waals surface area contributed by atoms with Crippen LogP contribution in [0.4, 0.5) is 13.2 Å². The van der Waals surface area contributed by atoms with Crippen molar-refractivity contribution in [2.24, 2.45) is 5.73 Å². The van der Waals surface area contributed by atoms with Gasteiger partial charge in [0.1, 0.15) is 0 Å². The van der Waals surface area contributed by atoms with E-state index in [9.17, 15) is 13.2 Å². The van der Waals surface area contributed by atoms with Crippen LogP contribution < -0.4 is 11.1 Å². The van der Waals surface area contributed by atoms with Gasteiger partial charge in [0, 0.05) is 24.5 Å². The predicted molar refractivity (Wildman–Crippen MR) is 59.1 cm³/mol. The van der Waals surface area contributed by atoms with Crippen molar-refractivity contribution in [1.29, 1.82) is 0 Å². The number of nitrogens with two attached hydrogens (primary N) is 1. The lowest BCUT2D eigenvalue weighted by Crippen LogP contribution is -2.21. The molecular formula is C10H13F3N2S. The lowest BCUT2D eigenvalue weighted by atomic mass is 10.2. The summed E-state index contributed by atoms with van der Waals surface area (Å²) in [5.74, 6) is 0. The zero-order chi connectivity index (χ0) is 12.0. The van der Waals surface area contributed by atoms with Crippen molar-refractivity contribution in [2.75, 3.05) is 13.1 Å². The van der Waals surface area contributed by atoms with E-state index in [2.05, 4.69) is 5.32 Å². The second-order valence-corrected chi connectivity index (χ2v) is 4.30. The molecule has 1 aromatic rings. The molecule has 0 amide bonds. The van der Waals surface area contributed by atoms with Crippen LogP contribution in [-0.4, -0.2) is 18.6 Å². The Morgan fingerprint density at radius 1 is 1.19 bits per heavy atom. The highest BCUT2D eigenvalue weighted by atomic mass is 32.2. The first-order chi connectivity index (χ1) is 7.51. The Balaban J connectivity index is 2.48. The van der Waals surface area contributed by atoms with Gasteiger partial charge >= 0.3 is 5.51 Å². The fraction of sp³-hybridized carbons (Fsp3) is 0.400. The molecule has 0 saturated carbocycles. The summed E-state index contributed by atoms with van der Waals surface area (Å²) in [6.07, 6.45) is 0. The van der Waals surface area contributed by atoms with Gasteiger partial charge in [-0.2, -0.15) is 13.2 Å². The van der Waals surface area contributed by atoms with Crippen molar-refractivity contribution in [3.05, 3.63) is 29.8 Å². The van der Waals surface area contributed by atoms with Crippen LogP contribution in [-0.2, 0) is 6.54 Å². The molecule has 90 valence electrons. The second-order valence-electron chi connectivity index (χ2n) is 3.16. The molecule has 0 spiro atoms. The Bertz CT molecular complexity index is 311. The molecule has 0 heterocycles. The molecule has 0 unspecified atom stereocenters. The van der Waals surface area contributed by atoms with Crippen molar-refractivity contribution in [3.8, 4) is 0 Å². The number of halogens is 3. The van der Waals surface area contributed by atoms with E-state index in [1.165, 1.54) is 12.1 Å². The molecular weight excluding hydrogens is 237 g/mol. The Kier molecular flexibility index (Phi) is 5.11. The molecule has 6 heteroatoms. The minimum atomic E-state index is -4.22. The zero-order valence-corrected chi connectivity index (χ0v) is 9.37. The Hall–Kier alpha value is -0.720. The molecule has 1 aromatic carbocycles. The van der Waals surface area contributed by atoms with Gasteiger partial charge in [-0.3, -0.25) is 0 Å². The monoisotopic (exact) mass is 250 g/mol. The van der Waals surface area contributed by atoms with Crippen LogP contribution in [0, 0.1) is 0 Å². The van der Waals surface area contributed by atoms with Gasteiger partial charge in [0.25, 0.3) is 0 Å². The number of alkyl halides is 3. The van der Waals surface area contributed by atoms with E-state index in [1.807, 2.05) is 0 Å². The highest BCUT2D eigenvalue weighted by molar-refractivity contribution is 8.00. The van der Waals surface area contributed by atoms with Crippen LogP contribution in [0.3, 0.4) is 0 Å². The summed E-state index contributed by atoms with van der Waals surface area (Å²) in [5, 5.41) is 3.07. The van der Waals surface area contributed by atoms with Gasteiger partial charge in [0.05, 0.1) is 0 Å². The van der Waals surface area contributed by atoms with E-state index in [4.69, 9.17) is 5.73 Å². The standard InChI is InChI=1S/C10H13F3N2S/c11-10(12,13)16-9-3-1-8(2-4-9)7-15-6-5-14/h1-4,15H,5-7,14H2. The topological polar surface area (TPSA) is 38.0 Å². The molecule has 3 N–H and O–H groups in total. The average Bonchev–Trinajstić information content (AvgIpc) is 2.19. The molecule has 0 aromatic heterocycles. The normalized spacial score (nSPS) is 11.8. The van der Waals surface area contributed by atoms with E-state index >= 15 is 0 Å². The Morgan fingerprint density at radius 2 is 1.81 bits per heavy atom. The van der Waals surface area contributed by atoms with Gasteiger partial charge < -0.3 is 11.1 Å². The number of hydrogen-bond acceptors (Lipinski definition) is 3. The number of nitrogens with one attached hydrogen (secondary N) is 1. The minimum absolute atomic E-state index is 0.103. The first-order valence-corrected chi connectivity index (χ1v) is 5.58. The maximum atomic E-state index is 12.0. The quantitative estimate of drug-likeness (QED) is 0.622. The molecule has 0 aliphatic rings. The van der Waals surface area contributed by atoms with Crippen molar-refractivity contribution in [3.63, 3.8) is 0 Å². The van der Waals surface area contributed by atoms with E-state index in [0.717, 1.165) is 5.56 Å². The summed E-state index contributed by atoms with van der Waals surface area (Å²) in [7, 11) is 0. The molecule has 16 heavy (non-hydrogen) atoms. The van der Waals surface area contributed by atoms with E-state index in [0.29, 0.717) is 19.6 Å². The lowest BCUT2D eigenvalue weighted by Gasteiger charge is -2.07. The maximum Gasteiger partial charge on any atom is 0.446 e. The molecule has 0 bridgehead atoms. The van der Waals surface area contributed by atoms with Gasteiger partial charge in [-0.25, -0.2) is 0 Å². The summed E-state index contributed by atoms with van der Waals surface area (Å²) < 4.78 is 36.1. The smallest absolute Gasteiger partial charge is 0.329 e.